The molecule has 0 aliphatic rings. The Hall–Kier alpha value is -3.97. The summed E-state index contributed by atoms with van der Waals surface area (Å²) >= 11 is 4.99. The summed E-state index contributed by atoms with van der Waals surface area (Å²) in [5, 5.41) is 2.42. The van der Waals surface area contributed by atoms with Crippen molar-refractivity contribution in [3.63, 3.8) is 0 Å². The SMILES string of the molecule is O=C(/C=C/c1ccccc1)NC(=S)NNC(=O)COc1ccc(-c2ccccc2)cc1. The smallest absolute Gasteiger partial charge is 0.276 e. The molecule has 3 N–H and O–H groups in total. The molecule has 0 aliphatic heterocycles. The molecule has 0 spiro atoms. The van der Waals surface area contributed by atoms with E-state index in [4.69, 9.17) is 17.0 Å². The molecule has 3 aromatic rings. The van der Waals surface area contributed by atoms with E-state index in [-0.39, 0.29) is 11.7 Å². The number of rotatable bonds is 6. The molecule has 0 unspecified atom stereocenters. The predicted molar refractivity (Wildman–Crippen MR) is 125 cm³/mol. The Kier molecular flexibility index (Phi) is 7.90. The van der Waals surface area contributed by atoms with Gasteiger partial charge in [-0.3, -0.25) is 25.8 Å². The molecule has 2 amide bonds. The van der Waals surface area contributed by atoms with Gasteiger partial charge in [0.25, 0.3) is 5.91 Å². The molecule has 3 aromatic carbocycles. The number of hydrogen-bond acceptors (Lipinski definition) is 4. The molecule has 31 heavy (non-hydrogen) atoms. The van der Waals surface area contributed by atoms with E-state index in [0.29, 0.717) is 5.75 Å². The van der Waals surface area contributed by atoms with E-state index in [2.05, 4.69) is 16.2 Å². The Balaban J connectivity index is 1.37. The molecule has 0 saturated heterocycles. The maximum Gasteiger partial charge on any atom is 0.276 e. The van der Waals surface area contributed by atoms with Crippen LogP contribution in [0.5, 0.6) is 5.75 Å². The van der Waals surface area contributed by atoms with E-state index in [9.17, 15) is 9.59 Å². The van der Waals surface area contributed by atoms with Crippen LogP contribution < -0.4 is 20.9 Å². The first-order valence-electron chi connectivity index (χ1n) is 9.51. The fourth-order valence-electron chi connectivity index (χ4n) is 2.61. The van der Waals surface area contributed by atoms with Gasteiger partial charge in [0, 0.05) is 6.08 Å². The summed E-state index contributed by atoms with van der Waals surface area (Å²) in [6, 6.07) is 26.8. The summed E-state index contributed by atoms with van der Waals surface area (Å²) in [6.45, 7) is -0.206. The molecular weight excluding hydrogens is 410 g/mol. The van der Waals surface area contributed by atoms with Gasteiger partial charge in [0.05, 0.1) is 0 Å². The Morgan fingerprint density at radius 2 is 1.42 bits per heavy atom. The highest BCUT2D eigenvalue weighted by atomic mass is 32.1. The summed E-state index contributed by atoms with van der Waals surface area (Å²) in [6.07, 6.45) is 3.01. The van der Waals surface area contributed by atoms with Gasteiger partial charge in [0.15, 0.2) is 11.7 Å². The average molecular weight is 432 g/mol. The van der Waals surface area contributed by atoms with Gasteiger partial charge in [-0.15, -0.1) is 0 Å². The summed E-state index contributed by atoms with van der Waals surface area (Å²) in [5.41, 5.74) is 7.89. The molecular formula is C24H21N3O3S. The fraction of sp³-hybridized carbons (Fsp3) is 0.0417. The second-order valence-electron chi connectivity index (χ2n) is 6.41. The van der Waals surface area contributed by atoms with Crippen LogP contribution in [0.4, 0.5) is 0 Å². The monoisotopic (exact) mass is 431 g/mol. The van der Waals surface area contributed by atoms with Crippen LogP contribution in [0.2, 0.25) is 0 Å². The van der Waals surface area contributed by atoms with Crippen molar-refractivity contribution in [2.24, 2.45) is 0 Å². The molecule has 0 aliphatic carbocycles. The van der Waals surface area contributed by atoms with E-state index < -0.39 is 11.8 Å². The lowest BCUT2D eigenvalue weighted by Crippen LogP contribution is -2.49. The third-order valence-corrected chi connectivity index (χ3v) is 4.31. The number of thiocarbonyl (C=S) groups is 1. The lowest BCUT2D eigenvalue weighted by atomic mass is 10.1. The first kappa shape index (κ1) is 21.7. The Morgan fingerprint density at radius 1 is 0.806 bits per heavy atom. The van der Waals surface area contributed by atoms with E-state index in [1.54, 1.807) is 18.2 Å². The van der Waals surface area contributed by atoms with Crippen molar-refractivity contribution in [1.29, 1.82) is 0 Å². The molecule has 0 fully saturated rings. The van der Waals surface area contributed by atoms with Gasteiger partial charge in [-0.25, -0.2) is 0 Å². The molecule has 156 valence electrons. The van der Waals surface area contributed by atoms with Gasteiger partial charge in [0.1, 0.15) is 5.75 Å². The average Bonchev–Trinajstić information content (AvgIpc) is 2.81. The Bertz CT molecular complexity index is 1050. The predicted octanol–water partition coefficient (Wildman–Crippen LogP) is 3.47. The minimum absolute atomic E-state index is 0.0247. The molecule has 0 saturated carbocycles. The van der Waals surface area contributed by atoms with Crippen LogP contribution in [0, 0.1) is 0 Å². The molecule has 7 heteroatoms. The fourth-order valence-corrected chi connectivity index (χ4v) is 2.76. The van der Waals surface area contributed by atoms with E-state index in [1.807, 2.05) is 72.8 Å². The minimum atomic E-state index is -0.441. The van der Waals surface area contributed by atoms with Gasteiger partial charge in [-0.2, -0.15) is 0 Å². The zero-order valence-corrected chi connectivity index (χ0v) is 17.4. The highest BCUT2D eigenvalue weighted by Crippen LogP contribution is 2.21. The number of benzene rings is 3. The zero-order chi connectivity index (χ0) is 21.9. The summed E-state index contributed by atoms with van der Waals surface area (Å²) in [5.74, 6) is -0.286. The summed E-state index contributed by atoms with van der Waals surface area (Å²) < 4.78 is 5.47. The van der Waals surface area contributed by atoms with Crippen molar-refractivity contribution < 1.29 is 14.3 Å². The minimum Gasteiger partial charge on any atom is -0.484 e. The lowest BCUT2D eigenvalue weighted by Gasteiger charge is -2.11. The van der Waals surface area contributed by atoms with Crippen molar-refractivity contribution in [1.82, 2.24) is 16.2 Å². The quantitative estimate of drug-likeness (QED) is 0.316. The Labute approximate surface area is 185 Å². The molecule has 6 nitrogen and oxygen atoms in total. The molecule has 0 aromatic heterocycles. The highest BCUT2D eigenvalue weighted by molar-refractivity contribution is 7.80. The molecule has 3 rings (SSSR count). The van der Waals surface area contributed by atoms with Crippen molar-refractivity contribution >= 4 is 35.2 Å². The standard InChI is InChI=1S/C24H21N3O3S/c28-22(16-11-18-7-3-1-4-8-18)25-24(31)27-26-23(29)17-30-21-14-12-20(13-15-21)19-9-5-2-6-10-19/h1-16H,17H2,(H,26,29)(H2,25,27,28,31)/b16-11+. The number of carbonyl (C=O) groups is 2. The second kappa shape index (κ2) is 11.3. The number of carbonyl (C=O) groups excluding carboxylic acids is 2. The van der Waals surface area contributed by atoms with Gasteiger partial charge >= 0.3 is 0 Å². The zero-order valence-electron chi connectivity index (χ0n) is 16.6. The lowest BCUT2D eigenvalue weighted by molar-refractivity contribution is -0.123. The second-order valence-corrected chi connectivity index (χ2v) is 6.82. The van der Waals surface area contributed by atoms with Gasteiger partial charge in [0.2, 0.25) is 5.91 Å². The van der Waals surface area contributed by atoms with Crippen LogP contribution in [0.3, 0.4) is 0 Å². The van der Waals surface area contributed by atoms with Crippen molar-refractivity contribution in [2.75, 3.05) is 6.61 Å². The van der Waals surface area contributed by atoms with Crippen molar-refractivity contribution in [3.05, 3.63) is 96.6 Å². The number of hydrazine groups is 1. The van der Waals surface area contributed by atoms with E-state index >= 15 is 0 Å². The molecule has 0 atom stereocenters. The maximum atomic E-state index is 11.9. The Morgan fingerprint density at radius 3 is 2.10 bits per heavy atom. The number of hydrogen-bond donors (Lipinski definition) is 3. The normalized spacial score (nSPS) is 10.3. The maximum absolute atomic E-state index is 11.9. The van der Waals surface area contributed by atoms with Gasteiger partial charge < -0.3 is 4.74 Å². The summed E-state index contributed by atoms with van der Waals surface area (Å²) in [4.78, 5) is 23.8. The van der Waals surface area contributed by atoms with Crippen LogP contribution in [0.25, 0.3) is 17.2 Å². The van der Waals surface area contributed by atoms with Crippen LogP contribution in [0.1, 0.15) is 5.56 Å². The molecule has 0 radical (unpaired) electrons. The molecule has 0 bridgehead atoms. The number of ether oxygens (including phenoxy) is 1. The first-order valence-corrected chi connectivity index (χ1v) is 9.92. The van der Waals surface area contributed by atoms with Crippen LogP contribution in [-0.4, -0.2) is 23.5 Å². The highest BCUT2D eigenvalue weighted by Gasteiger charge is 2.05. The van der Waals surface area contributed by atoms with Crippen LogP contribution >= 0.6 is 12.2 Å². The van der Waals surface area contributed by atoms with Crippen LogP contribution in [-0.2, 0) is 9.59 Å². The van der Waals surface area contributed by atoms with Crippen molar-refractivity contribution in [2.45, 2.75) is 0 Å². The van der Waals surface area contributed by atoms with Gasteiger partial charge in [-0.1, -0.05) is 72.8 Å². The first-order chi connectivity index (χ1) is 15.1. The van der Waals surface area contributed by atoms with Crippen LogP contribution in [0.15, 0.2) is 91.0 Å². The summed E-state index contributed by atoms with van der Waals surface area (Å²) in [7, 11) is 0. The van der Waals surface area contributed by atoms with E-state index in [0.717, 1.165) is 16.7 Å². The third kappa shape index (κ3) is 7.41. The van der Waals surface area contributed by atoms with E-state index in [1.165, 1.54) is 6.08 Å². The van der Waals surface area contributed by atoms with Gasteiger partial charge in [-0.05, 0) is 47.1 Å². The largest absolute Gasteiger partial charge is 0.484 e. The number of amides is 2. The third-order valence-electron chi connectivity index (χ3n) is 4.11. The van der Waals surface area contributed by atoms with Crippen molar-refractivity contribution in [3.8, 4) is 16.9 Å². The number of nitrogens with one attached hydrogen (secondary N) is 3. The topological polar surface area (TPSA) is 79.5 Å². The molecule has 0 heterocycles.